The summed E-state index contributed by atoms with van der Waals surface area (Å²) in [5.74, 6) is 1.96. The van der Waals surface area contributed by atoms with Gasteiger partial charge in [0.25, 0.3) is 0 Å². The van der Waals surface area contributed by atoms with Crippen LogP contribution in [0, 0.1) is 0 Å². The van der Waals surface area contributed by atoms with Crippen LogP contribution >= 0.6 is 11.8 Å². The number of rotatable bonds is 6. The predicted octanol–water partition coefficient (Wildman–Crippen LogP) is 5.42. The van der Waals surface area contributed by atoms with E-state index < -0.39 is 0 Å². The Bertz CT molecular complexity index is 967. The Morgan fingerprint density at radius 3 is 2.32 bits per heavy atom. The number of carbonyl (C=O) groups excluding carboxylic acids is 1. The first-order valence-electron chi connectivity index (χ1n) is 9.71. The molecule has 1 aliphatic rings. The molecule has 3 aromatic rings. The molecule has 0 atom stereocenters. The molecule has 0 unspecified atom stereocenters. The number of para-hydroxylation sites is 1. The second-order valence-corrected chi connectivity index (χ2v) is 9.27. The third kappa shape index (κ3) is 4.04. The van der Waals surface area contributed by atoms with Crippen molar-refractivity contribution in [3.8, 4) is 5.69 Å². The van der Waals surface area contributed by atoms with Crippen LogP contribution in [0.4, 0.5) is 0 Å². The maximum atomic E-state index is 12.7. The van der Waals surface area contributed by atoms with Crippen LogP contribution in [0.25, 0.3) is 5.69 Å². The summed E-state index contributed by atoms with van der Waals surface area (Å²) in [6.07, 6.45) is 2.32. The Morgan fingerprint density at radius 1 is 1.04 bits per heavy atom. The maximum Gasteiger partial charge on any atom is 0.196 e. The monoisotopic (exact) mass is 391 g/mol. The highest BCUT2D eigenvalue weighted by Crippen LogP contribution is 2.41. The lowest BCUT2D eigenvalue weighted by Gasteiger charge is -2.18. The zero-order valence-electron chi connectivity index (χ0n) is 16.6. The molecule has 1 aliphatic carbocycles. The van der Waals surface area contributed by atoms with Crippen LogP contribution in [0.2, 0.25) is 0 Å². The number of Topliss-reactive ketones (excluding diaryl/α,β-unsaturated/α-hetero) is 1. The molecular weight excluding hydrogens is 366 g/mol. The Morgan fingerprint density at radius 2 is 1.71 bits per heavy atom. The second-order valence-electron chi connectivity index (χ2n) is 8.33. The van der Waals surface area contributed by atoms with Gasteiger partial charge in [0.15, 0.2) is 10.9 Å². The zero-order valence-corrected chi connectivity index (χ0v) is 17.4. The summed E-state index contributed by atoms with van der Waals surface area (Å²) < 4.78 is 2.11. The van der Waals surface area contributed by atoms with Gasteiger partial charge in [0.1, 0.15) is 5.82 Å². The van der Waals surface area contributed by atoms with Crippen molar-refractivity contribution >= 4 is 17.5 Å². The molecule has 28 heavy (non-hydrogen) atoms. The van der Waals surface area contributed by atoms with Crippen molar-refractivity contribution in [2.24, 2.45) is 0 Å². The highest BCUT2D eigenvalue weighted by molar-refractivity contribution is 7.99. The number of hydrogen-bond donors (Lipinski definition) is 0. The van der Waals surface area contributed by atoms with Crippen LogP contribution in [-0.2, 0) is 5.41 Å². The summed E-state index contributed by atoms with van der Waals surface area (Å²) in [6.45, 7) is 6.52. The van der Waals surface area contributed by atoms with Crippen molar-refractivity contribution in [1.29, 1.82) is 0 Å². The van der Waals surface area contributed by atoms with E-state index >= 15 is 0 Å². The van der Waals surface area contributed by atoms with Crippen molar-refractivity contribution in [3.63, 3.8) is 0 Å². The molecule has 0 radical (unpaired) electrons. The van der Waals surface area contributed by atoms with Gasteiger partial charge in [-0.15, -0.1) is 10.2 Å². The molecular formula is C23H25N3OS. The van der Waals surface area contributed by atoms with Crippen molar-refractivity contribution in [3.05, 3.63) is 71.5 Å². The Kier molecular flexibility index (Phi) is 5.11. The van der Waals surface area contributed by atoms with Crippen molar-refractivity contribution in [2.75, 3.05) is 5.75 Å². The molecule has 0 N–H and O–H groups in total. The summed E-state index contributed by atoms with van der Waals surface area (Å²) in [5.41, 5.74) is 3.11. The van der Waals surface area contributed by atoms with Crippen molar-refractivity contribution in [2.45, 2.75) is 50.1 Å². The quantitative estimate of drug-likeness (QED) is 0.416. The van der Waals surface area contributed by atoms with Gasteiger partial charge in [-0.05, 0) is 36.0 Å². The topological polar surface area (TPSA) is 47.8 Å². The van der Waals surface area contributed by atoms with E-state index in [2.05, 4.69) is 59.8 Å². The Labute approximate surface area is 170 Å². The number of hydrogen-bond acceptors (Lipinski definition) is 4. The summed E-state index contributed by atoms with van der Waals surface area (Å²) in [5, 5.41) is 9.60. The maximum absolute atomic E-state index is 12.7. The lowest BCUT2D eigenvalue weighted by molar-refractivity contribution is 0.102. The van der Waals surface area contributed by atoms with Gasteiger partial charge in [-0.1, -0.05) is 75.0 Å². The molecule has 1 fully saturated rings. The molecule has 4 rings (SSSR count). The largest absolute Gasteiger partial charge is 0.293 e. The fraction of sp³-hybridized carbons (Fsp3) is 0.348. The van der Waals surface area contributed by atoms with E-state index in [0.29, 0.717) is 11.7 Å². The number of benzene rings is 2. The van der Waals surface area contributed by atoms with E-state index in [1.165, 1.54) is 17.3 Å². The van der Waals surface area contributed by atoms with E-state index in [0.717, 1.165) is 35.1 Å². The Hall–Kier alpha value is -2.40. The van der Waals surface area contributed by atoms with Gasteiger partial charge < -0.3 is 0 Å². The average Bonchev–Trinajstić information content (AvgIpc) is 3.45. The van der Waals surface area contributed by atoms with Crippen molar-refractivity contribution in [1.82, 2.24) is 14.8 Å². The van der Waals surface area contributed by atoms with Gasteiger partial charge in [-0.25, -0.2) is 0 Å². The number of nitrogens with zero attached hydrogens (tertiary/aromatic N) is 3. The van der Waals surface area contributed by atoms with Gasteiger partial charge in [-0.3, -0.25) is 9.36 Å². The van der Waals surface area contributed by atoms with Crippen LogP contribution in [0.1, 0.15) is 61.3 Å². The van der Waals surface area contributed by atoms with Gasteiger partial charge in [-0.2, -0.15) is 0 Å². The standard InChI is InChI=1S/C23H25N3OS/c1-23(2,3)18-13-11-16(12-14-18)20(27)15-28-22-25-24-21(17-9-10-17)26(22)19-7-5-4-6-8-19/h4-8,11-14,17H,9-10,15H2,1-3H3. The van der Waals surface area contributed by atoms with Gasteiger partial charge in [0.05, 0.1) is 5.75 Å². The molecule has 1 aromatic heterocycles. The first-order valence-corrected chi connectivity index (χ1v) is 10.7. The number of ketones is 1. The van der Waals surface area contributed by atoms with E-state index in [-0.39, 0.29) is 11.2 Å². The summed E-state index contributed by atoms with van der Waals surface area (Å²) in [7, 11) is 0. The second kappa shape index (κ2) is 7.55. The van der Waals surface area contributed by atoms with Gasteiger partial charge in [0, 0.05) is 17.2 Å². The third-order valence-electron chi connectivity index (χ3n) is 5.02. The molecule has 1 heterocycles. The fourth-order valence-corrected chi connectivity index (χ4v) is 4.02. The van der Waals surface area contributed by atoms with E-state index in [1.54, 1.807) is 0 Å². The highest BCUT2D eigenvalue weighted by atomic mass is 32.2. The van der Waals surface area contributed by atoms with Crippen LogP contribution in [0.5, 0.6) is 0 Å². The van der Waals surface area contributed by atoms with Gasteiger partial charge in [0.2, 0.25) is 0 Å². The number of thioether (sulfide) groups is 1. The van der Waals surface area contributed by atoms with Crippen LogP contribution in [0.3, 0.4) is 0 Å². The molecule has 0 saturated heterocycles. The van der Waals surface area contributed by atoms with Crippen LogP contribution in [0.15, 0.2) is 59.8 Å². The summed E-state index contributed by atoms with van der Waals surface area (Å²) in [6, 6.07) is 18.1. The minimum atomic E-state index is 0.0850. The molecule has 0 spiro atoms. The SMILES string of the molecule is CC(C)(C)c1ccc(C(=O)CSc2nnc(C3CC3)n2-c2ccccc2)cc1. The molecule has 2 aromatic carbocycles. The first kappa shape index (κ1) is 18.9. The normalized spacial score (nSPS) is 14.2. The average molecular weight is 392 g/mol. The minimum Gasteiger partial charge on any atom is -0.293 e. The molecule has 4 nitrogen and oxygen atoms in total. The molecule has 0 aliphatic heterocycles. The highest BCUT2D eigenvalue weighted by Gasteiger charge is 2.31. The smallest absolute Gasteiger partial charge is 0.196 e. The lowest BCUT2D eigenvalue weighted by Crippen LogP contribution is -2.11. The third-order valence-corrected chi connectivity index (χ3v) is 5.95. The van der Waals surface area contributed by atoms with E-state index in [1.807, 2.05) is 30.3 Å². The lowest BCUT2D eigenvalue weighted by atomic mass is 9.86. The minimum absolute atomic E-state index is 0.0850. The predicted molar refractivity (Wildman–Crippen MR) is 114 cm³/mol. The number of aromatic nitrogens is 3. The molecule has 1 saturated carbocycles. The molecule has 144 valence electrons. The molecule has 0 bridgehead atoms. The summed E-state index contributed by atoms with van der Waals surface area (Å²) in [4.78, 5) is 12.7. The van der Waals surface area contributed by atoms with E-state index in [9.17, 15) is 4.79 Å². The zero-order chi connectivity index (χ0) is 19.7. The van der Waals surface area contributed by atoms with Crippen molar-refractivity contribution < 1.29 is 4.79 Å². The fourth-order valence-electron chi connectivity index (χ4n) is 3.17. The first-order chi connectivity index (χ1) is 13.4. The van der Waals surface area contributed by atoms with E-state index in [4.69, 9.17) is 0 Å². The molecule has 5 heteroatoms. The summed E-state index contributed by atoms with van der Waals surface area (Å²) >= 11 is 1.46. The number of carbonyl (C=O) groups is 1. The van der Waals surface area contributed by atoms with Crippen LogP contribution in [-0.4, -0.2) is 26.3 Å². The molecule has 0 amide bonds. The van der Waals surface area contributed by atoms with Crippen LogP contribution < -0.4 is 0 Å². The Balaban J connectivity index is 1.51. The van der Waals surface area contributed by atoms with Gasteiger partial charge >= 0.3 is 0 Å².